The molecular formula is C4H11NO3P+. The van der Waals surface area contributed by atoms with Crippen molar-refractivity contribution in [1.82, 2.24) is 0 Å². The van der Waals surface area contributed by atoms with Crippen LogP contribution in [-0.2, 0) is 4.79 Å². The lowest BCUT2D eigenvalue weighted by atomic mass is 10.5. The molecule has 5 heteroatoms. The maximum absolute atomic E-state index is 10.5. The Bertz CT molecular complexity index is 109. The summed E-state index contributed by atoms with van der Waals surface area (Å²) in [6, 6.07) is 0. The first-order valence-corrected chi connectivity index (χ1v) is 4.68. The predicted octanol–water partition coefficient (Wildman–Crippen LogP) is -0.676. The minimum Gasteiger partial charge on any atom is -0.330 e. The summed E-state index contributed by atoms with van der Waals surface area (Å²) >= 11 is 0. The van der Waals surface area contributed by atoms with Gasteiger partial charge >= 0.3 is 13.2 Å². The van der Waals surface area contributed by atoms with Gasteiger partial charge in [-0.1, -0.05) is 0 Å². The third kappa shape index (κ3) is 3.54. The highest BCUT2D eigenvalue weighted by Crippen LogP contribution is 2.46. The van der Waals surface area contributed by atoms with Crippen molar-refractivity contribution in [2.24, 2.45) is 5.73 Å². The fourth-order valence-corrected chi connectivity index (χ4v) is 0.888. The molecule has 54 valence electrons. The molecule has 0 fully saturated rings. The van der Waals surface area contributed by atoms with E-state index in [0.717, 1.165) is 6.66 Å². The molecule has 0 saturated heterocycles. The summed E-state index contributed by atoms with van der Waals surface area (Å²) in [6.45, 7) is 1.31. The Labute approximate surface area is 54.2 Å². The number of nitrogens with two attached hydrogens (primary N) is 1. The summed E-state index contributed by atoms with van der Waals surface area (Å²) < 4.78 is 0. The van der Waals surface area contributed by atoms with E-state index in [1.165, 1.54) is 0 Å². The zero-order chi connectivity index (χ0) is 7.49. The number of carbonyl (C=O) groups is 1. The largest absolute Gasteiger partial charge is 0.333 e. The molecular weight excluding hydrogens is 141 g/mol. The molecule has 0 aromatic rings. The lowest BCUT2D eigenvalue weighted by molar-refractivity contribution is -0.112. The van der Waals surface area contributed by atoms with Crippen LogP contribution in [0, 0.1) is 0 Å². The first-order chi connectivity index (χ1) is 3.98. The molecule has 0 aromatic heterocycles. The summed E-state index contributed by atoms with van der Waals surface area (Å²) in [5.41, 5.74) is 4.46. The standard InChI is InChI=1S/C4H11NO3P/c1-9(7,8)4(6)2-3-5/h7-8H,2-3,5H2,1H3/q+1. The summed E-state index contributed by atoms with van der Waals surface area (Å²) in [6.07, 6.45) is 0.0529. The smallest absolute Gasteiger partial charge is 0.330 e. The normalized spacial score (nSPS) is 11.6. The molecule has 9 heavy (non-hydrogen) atoms. The van der Waals surface area contributed by atoms with Gasteiger partial charge in [0.2, 0.25) is 0 Å². The maximum Gasteiger partial charge on any atom is 0.333 e. The zero-order valence-electron chi connectivity index (χ0n) is 5.24. The number of carbonyl (C=O) groups excluding carboxylic acids is 1. The van der Waals surface area contributed by atoms with Crippen molar-refractivity contribution in [3.8, 4) is 0 Å². The second kappa shape index (κ2) is 3.22. The maximum atomic E-state index is 10.5. The van der Waals surface area contributed by atoms with E-state index in [1.807, 2.05) is 0 Å². The highest BCUT2D eigenvalue weighted by molar-refractivity contribution is 7.80. The van der Waals surface area contributed by atoms with Crippen LogP contribution in [-0.4, -0.2) is 28.5 Å². The van der Waals surface area contributed by atoms with Gasteiger partial charge < -0.3 is 5.73 Å². The first kappa shape index (κ1) is 8.98. The van der Waals surface area contributed by atoms with Crippen LogP contribution in [0.3, 0.4) is 0 Å². The van der Waals surface area contributed by atoms with E-state index in [2.05, 4.69) is 0 Å². The van der Waals surface area contributed by atoms with Gasteiger partial charge in [-0.2, -0.15) is 0 Å². The molecule has 0 aliphatic rings. The highest BCUT2D eigenvalue weighted by Gasteiger charge is 2.35. The van der Waals surface area contributed by atoms with Gasteiger partial charge in [0.1, 0.15) is 6.66 Å². The Morgan fingerprint density at radius 2 is 2.11 bits per heavy atom. The molecule has 4 nitrogen and oxygen atoms in total. The number of hydrogen-bond acceptors (Lipinski definition) is 4. The lowest BCUT2D eigenvalue weighted by Crippen LogP contribution is -2.10. The molecule has 0 heterocycles. The van der Waals surface area contributed by atoms with Crippen molar-refractivity contribution < 1.29 is 14.6 Å². The first-order valence-electron chi connectivity index (χ1n) is 2.54. The van der Waals surface area contributed by atoms with E-state index in [-0.39, 0.29) is 13.0 Å². The van der Waals surface area contributed by atoms with Crippen molar-refractivity contribution >= 4 is 13.2 Å². The molecule has 0 spiro atoms. The molecule has 0 radical (unpaired) electrons. The van der Waals surface area contributed by atoms with Crippen LogP contribution >= 0.6 is 7.72 Å². The van der Waals surface area contributed by atoms with Crippen molar-refractivity contribution in [2.45, 2.75) is 6.42 Å². The van der Waals surface area contributed by atoms with Crippen LogP contribution in [0.5, 0.6) is 0 Å². The van der Waals surface area contributed by atoms with E-state index in [4.69, 9.17) is 15.5 Å². The quantitative estimate of drug-likeness (QED) is 0.468. The molecule has 0 atom stereocenters. The Morgan fingerprint density at radius 3 is 2.22 bits per heavy atom. The lowest BCUT2D eigenvalue weighted by Gasteiger charge is -2.01. The molecule has 0 amide bonds. The van der Waals surface area contributed by atoms with Gasteiger partial charge in [0.25, 0.3) is 0 Å². The molecule has 0 aliphatic carbocycles. The van der Waals surface area contributed by atoms with Crippen molar-refractivity contribution in [3.63, 3.8) is 0 Å². The van der Waals surface area contributed by atoms with Gasteiger partial charge in [0.05, 0.1) is 6.42 Å². The van der Waals surface area contributed by atoms with Gasteiger partial charge in [-0.25, -0.2) is 14.6 Å². The SMILES string of the molecule is C[P+](O)(O)C(=O)CCN. The highest BCUT2D eigenvalue weighted by atomic mass is 31.2. The van der Waals surface area contributed by atoms with Crippen LogP contribution in [0.1, 0.15) is 6.42 Å². The monoisotopic (exact) mass is 152 g/mol. The summed E-state index contributed by atoms with van der Waals surface area (Å²) in [4.78, 5) is 27.9. The predicted molar refractivity (Wildman–Crippen MR) is 36.0 cm³/mol. The average Bonchev–Trinajstić information content (AvgIpc) is 1.64. The summed E-state index contributed by atoms with van der Waals surface area (Å²) in [5, 5.41) is 0. The fraction of sp³-hybridized carbons (Fsp3) is 0.750. The summed E-state index contributed by atoms with van der Waals surface area (Å²) in [5.74, 6) is 0. The van der Waals surface area contributed by atoms with Gasteiger partial charge in [-0.05, 0) is 0 Å². The second-order valence-electron chi connectivity index (χ2n) is 1.85. The van der Waals surface area contributed by atoms with Gasteiger partial charge in [0, 0.05) is 6.54 Å². The van der Waals surface area contributed by atoms with E-state index >= 15 is 0 Å². The van der Waals surface area contributed by atoms with Crippen LogP contribution in [0.25, 0.3) is 0 Å². The molecule has 0 aromatic carbocycles. The van der Waals surface area contributed by atoms with Gasteiger partial charge in [0.15, 0.2) is 0 Å². The van der Waals surface area contributed by atoms with Crippen LogP contribution in [0.2, 0.25) is 0 Å². The Kier molecular flexibility index (Phi) is 3.22. The van der Waals surface area contributed by atoms with Crippen molar-refractivity contribution in [3.05, 3.63) is 0 Å². The molecule has 0 saturated carbocycles. The Hall–Kier alpha value is -0.0200. The topological polar surface area (TPSA) is 83.5 Å². The third-order valence-electron chi connectivity index (χ3n) is 0.831. The minimum absolute atomic E-state index is 0.0529. The van der Waals surface area contributed by atoms with Crippen molar-refractivity contribution in [1.29, 1.82) is 0 Å². The fourth-order valence-electron chi connectivity index (χ4n) is 0.335. The third-order valence-corrected chi connectivity index (χ3v) is 2.00. The molecule has 0 unspecified atom stereocenters. The molecule has 0 rings (SSSR count). The van der Waals surface area contributed by atoms with E-state index < -0.39 is 13.2 Å². The zero-order valence-corrected chi connectivity index (χ0v) is 6.14. The van der Waals surface area contributed by atoms with Gasteiger partial charge in [-0.15, -0.1) is 0 Å². The molecule has 0 bridgehead atoms. The molecule has 4 N–H and O–H groups in total. The Balaban J connectivity index is 3.74. The number of hydrogen-bond donors (Lipinski definition) is 3. The van der Waals surface area contributed by atoms with Crippen molar-refractivity contribution in [2.75, 3.05) is 13.2 Å². The second-order valence-corrected chi connectivity index (χ2v) is 4.17. The average molecular weight is 152 g/mol. The van der Waals surface area contributed by atoms with E-state index in [9.17, 15) is 4.79 Å². The number of rotatable bonds is 3. The Morgan fingerprint density at radius 1 is 1.67 bits per heavy atom. The van der Waals surface area contributed by atoms with Crippen LogP contribution in [0.15, 0.2) is 0 Å². The van der Waals surface area contributed by atoms with Gasteiger partial charge in [-0.3, -0.25) is 0 Å². The van der Waals surface area contributed by atoms with Crippen LogP contribution < -0.4 is 5.73 Å². The molecule has 0 aliphatic heterocycles. The minimum atomic E-state index is -3.24. The van der Waals surface area contributed by atoms with Crippen LogP contribution in [0.4, 0.5) is 0 Å². The summed E-state index contributed by atoms with van der Waals surface area (Å²) in [7, 11) is -3.24. The van der Waals surface area contributed by atoms with E-state index in [1.54, 1.807) is 0 Å². The van der Waals surface area contributed by atoms with E-state index in [0.29, 0.717) is 0 Å².